The van der Waals surface area contributed by atoms with Gasteiger partial charge >= 0.3 is 0 Å². The number of nitrogens with one attached hydrogen (secondary N) is 1. The molecule has 0 bridgehead atoms. The van der Waals surface area contributed by atoms with Gasteiger partial charge in [-0.05, 0) is 49.4 Å². The van der Waals surface area contributed by atoms with Crippen LogP contribution in [0, 0.1) is 12.8 Å². The smallest absolute Gasteiger partial charge is 0.0438 e. The van der Waals surface area contributed by atoms with Crippen LogP contribution in [0.2, 0.25) is 5.02 Å². The summed E-state index contributed by atoms with van der Waals surface area (Å²) < 4.78 is 0. The van der Waals surface area contributed by atoms with Crippen LogP contribution in [0.25, 0.3) is 0 Å². The van der Waals surface area contributed by atoms with Crippen molar-refractivity contribution in [3.8, 4) is 0 Å². The maximum Gasteiger partial charge on any atom is 0.0438 e. The van der Waals surface area contributed by atoms with Crippen LogP contribution in [0.1, 0.15) is 69.0 Å². The van der Waals surface area contributed by atoms with E-state index in [-0.39, 0.29) is 0 Å². The first kappa shape index (κ1) is 15.9. The normalized spacial score (nSPS) is 18.1. The van der Waals surface area contributed by atoms with E-state index in [1.165, 1.54) is 50.5 Å². The third-order valence-corrected chi connectivity index (χ3v) is 5.04. The van der Waals surface area contributed by atoms with E-state index in [1.807, 2.05) is 0 Å². The van der Waals surface area contributed by atoms with E-state index in [2.05, 4.69) is 37.4 Å². The Labute approximate surface area is 129 Å². The minimum atomic E-state index is 0.458. The van der Waals surface area contributed by atoms with Crippen LogP contribution < -0.4 is 5.32 Å². The third-order valence-electron chi connectivity index (χ3n) is 4.64. The molecule has 2 rings (SSSR count). The van der Waals surface area contributed by atoms with Crippen molar-refractivity contribution in [2.75, 3.05) is 6.54 Å². The molecule has 0 aromatic heterocycles. The first-order valence-corrected chi connectivity index (χ1v) is 8.58. The molecular formula is C18H28ClN. The molecule has 0 aliphatic heterocycles. The molecule has 112 valence electrons. The van der Waals surface area contributed by atoms with Crippen LogP contribution in [0.3, 0.4) is 0 Å². The summed E-state index contributed by atoms with van der Waals surface area (Å²) in [5, 5.41) is 4.52. The zero-order valence-corrected chi connectivity index (χ0v) is 13.7. The van der Waals surface area contributed by atoms with Gasteiger partial charge in [0.05, 0.1) is 0 Å². The van der Waals surface area contributed by atoms with Gasteiger partial charge in [-0.1, -0.05) is 62.8 Å². The second kappa shape index (κ2) is 8.05. The molecular weight excluding hydrogens is 266 g/mol. The lowest BCUT2D eigenvalue weighted by Crippen LogP contribution is -2.22. The van der Waals surface area contributed by atoms with Gasteiger partial charge in [0.25, 0.3) is 0 Å². The minimum Gasteiger partial charge on any atom is -0.310 e. The molecule has 1 atom stereocenters. The molecule has 1 nitrogen and oxygen atoms in total. The fourth-order valence-electron chi connectivity index (χ4n) is 3.34. The monoisotopic (exact) mass is 293 g/mol. The van der Waals surface area contributed by atoms with E-state index in [9.17, 15) is 0 Å². The number of hydrogen-bond donors (Lipinski definition) is 1. The second-order valence-electron chi connectivity index (χ2n) is 6.20. The van der Waals surface area contributed by atoms with Crippen molar-refractivity contribution in [2.24, 2.45) is 5.92 Å². The van der Waals surface area contributed by atoms with Crippen molar-refractivity contribution in [1.29, 1.82) is 0 Å². The van der Waals surface area contributed by atoms with Gasteiger partial charge in [0.2, 0.25) is 0 Å². The molecule has 1 N–H and O–H groups in total. The molecule has 0 heterocycles. The van der Waals surface area contributed by atoms with Crippen LogP contribution >= 0.6 is 11.6 Å². The van der Waals surface area contributed by atoms with Crippen molar-refractivity contribution in [3.05, 3.63) is 34.3 Å². The molecule has 1 aromatic rings. The van der Waals surface area contributed by atoms with Gasteiger partial charge in [-0.2, -0.15) is 0 Å². The summed E-state index contributed by atoms with van der Waals surface area (Å²) in [4.78, 5) is 0. The van der Waals surface area contributed by atoms with E-state index in [1.54, 1.807) is 0 Å². The first-order valence-electron chi connectivity index (χ1n) is 8.20. The average Bonchev–Trinajstić information content (AvgIpc) is 2.47. The van der Waals surface area contributed by atoms with E-state index in [0.717, 1.165) is 23.0 Å². The fraction of sp³-hybridized carbons (Fsp3) is 0.667. The zero-order chi connectivity index (χ0) is 14.4. The average molecular weight is 294 g/mol. The number of aryl methyl sites for hydroxylation is 1. The van der Waals surface area contributed by atoms with Crippen LogP contribution in [-0.2, 0) is 0 Å². The summed E-state index contributed by atoms with van der Waals surface area (Å²) >= 11 is 6.28. The summed E-state index contributed by atoms with van der Waals surface area (Å²) in [6.07, 6.45) is 9.78. The van der Waals surface area contributed by atoms with Crippen molar-refractivity contribution in [2.45, 2.75) is 64.8 Å². The van der Waals surface area contributed by atoms with Gasteiger partial charge in [-0.15, -0.1) is 0 Å². The molecule has 1 aromatic carbocycles. The highest BCUT2D eigenvalue weighted by molar-refractivity contribution is 6.31. The van der Waals surface area contributed by atoms with E-state index in [4.69, 9.17) is 11.6 Å². The lowest BCUT2D eigenvalue weighted by molar-refractivity contribution is 0.315. The molecule has 0 spiro atoms. The molecule has 1 saturated carbocycles. The number of halogens is 1. The summed E-state index contributed by atoms with van der Waals surface area (Å²) in [6.45, 7) is 5.26. The largest absolute Gasteiger partial charge is 0.310 e. The second-order valence-corrected chi connectivity index (χ2v) is 6.61. The van der Waals surface area contributed by atoms with E-state index < -0.39 is 0 Å². The highest BCUT2D eigenvalue weighted by atomic mass is 35.5. The zero-order valence-electron chi connectivity index (χ0n) is 12.9. The lowest BCUT2D eigenvalue weighted by atomic mass is 9.84. The Hall–Kier alpha value is -0.530. The first-order chi connectivity index (χ1) is 9.70. The Morgan fingerprint density at radius 2 is 2.00 bits per heavy atom. The molecule has 0 radical (unpaired) electrons. The highest BCUT2D eigenvalue weighted by Gasteiger charge is 2.17. The Bertz CT molecular complexity index is 410. The summed E-state index contributed by atoms with van der Waals surface area (Å²) in [6, 6.07) is 6.98. The molecule has 1 unspecified atom stereocenters. The van der Waals surface area contributed by atoms with Crippen molar-refractivity contribution in [1.82, 2.24) is 5.32 Å². The fourth-order valence-corrected chi connectivity index (χ4v) is 3.53. The number of benzene rings is 1. The number of rotatable bonds is 6. The maximum absolute atomic E-state index is 6.28. The standard InChI is InChI=1S/C18H28ClN/c1-3-20-18(12-10-15-7-5-4-6-8-15)16-11-9-14(2)17(19)13-16/h9,11,13,15,18,20H,3-8,10,12H2,1-2H3. The Morgan fingerprint density at radius 3 is 2.65 bits per heavy atom. The maximum atomic E-state index is 6.28. The Balaban J connectivity index is 1.96. The molecule has 1 aliphatic carbocycles. The van der Waals surface area contributed by atoms with Crippen LogP contribution in [0.4, 0.5) is 0 Å². The van der Waals surface area contributed by atoms with Crippen molar-refractivity contribution in [3.63, 3.8) is 0 Å². The molecule has 0 amide bonds. The van der Waals surface area contributed by atoms with Crippen LogP contribution in [0.5, 0.6) is 0 Å². The van der Waals surface area contributed by atoms with Gasteiger partial charge in [-0.25, -0.2) is 0 Å². The predicted molar refractivity (Wildman–Crippen MR) is 88.4 cm³/mol. The Morgan fingerprint density at radius 1 is 1.25 bits per heavy atom. The van der Waals surface area contributed by atoms with Gasteiger partial charge in [0, 0.05) is 11.1 Å². The molecule has 1 aliphatic rings. The van der Waals surface area contributed by atoms with Crippen molar-refractivity contribution < 1.29 is 0 Å². The summed E-state index contributed by atoms with van der Waals surface area (Å²) in [5.41, 5.74) is 2.51. The quantitative estimate of drug-likeness (QED) is 0.713. The molecule has 0 saturated heterocycles. The Kier molecular flexibility index (Phi) is 6.38. The SMILES string of the molecule is CCNC(CCC1CCCCC1)c1ccc(C)c(Cl)c1. The minimum absolute atomic E-state index is 0.458. The topological polar surface area (TPSA) is 12.0 Å². The summed E-state index contributed by atoms with van der Waals surface area (Å²) in [5.74, 6) is 0.950. The third kappa shape index (κ3) is 4.49. The van der Waals surface area contributed by atoms with Gasteiger partial charge in [-0.3, -0.25) is 0 Å². The van der Waals surface area contributed by atoms with Crippen LogP contribution in [-0.4, -0.2) is 6.54 Å². The van der Waals surface area contributed by atoms with Crippen molar-refractivity contribution >= 4 is 11.6 Å². The van der Waals surface area contributed by atoms with E-state index >= 15 is 0 Å². The van der Waals surface area contributed by atoms with Crippen LogP contribution in [0.15, 0.2) is 18.2 Å². The molecule has 20 heavy (non-hydrogen) atoms. The van der Waals surface area contributed by atoms with Gasteiger partial charge in [0.15, 0.2) is 0 Å². The number of hydrogen-bond acceptors (Lipinski definition) is 1. The summed E-state index contributed by atoms with van der Waals surface area (Å²) in [7, 11) is 0. The van der Waals surface area contributed by atoms with Gasteiger partial charge in [0.1, 0.15) is 0 Å². The highest BCUT2D eigenvalue weighted by Crippen LogP contribution is 2.31. The lowest BCUT2D eigenvalue weighted by Gasteiger charge is -2.25. The van der Waals surface area contributed by atoms with E-state index in [0.29, 0.717) is 6.04 Å². The van der Waals surface area contributed by atoms with Gasteiger partial charge < -0.3 is 5.32 Å². The molecule has 2 heteroatoms. The predicted octanol–water partition coefficient (Wildman–Crippen LogP) is 5.66. The molecule has 1 fully saturated rings.